The van der Waals surface area contributed by atoms with Crippen molar-refractivity contribution >= 4 is 18.7 Å². The first-order valence-electron chi connectivity index (χ1n) is 3.98. The van der Waals surface area contributed by atoms with E-state index >= 15 is 0 Å². The number of aldehydes is 1. The summed E-state index contributed by atoms with van der Waals surface area (Å²) >= 11 is 0. The molecular weight excluding hydrogens is 172 g/mol. The molecule has 0 radical (unpaired) electrons. The smallest absolute Gasteiger partial charge is 0.150 e. The standard InChI is InChI=1S/C10H10O.ClH/c11-7-9-5-1-3-8-4-2-6-10(8)9;/h1,3,5,7H,2,4,6H2;1H. The number of aryl methyl sites for hydroxylation is 1. The minimum absolute atomic E-state index is 0. The summed E-state index contributed by atoms with van der Waals surface area (Å²) in [6, 6.07) is 5.99. The lowest BCUT2D eigenvalue weighted by Gasteiger charge is -1.99. The Morgan fingerprint density at radius 2 is 2.08 bits per heavy atom. The maximum absolute atomic E-state index is 10.6. The highest BCUT2D eigenvalue weighted by molar-refractivity contribution is 5.85. The molecule has 0 atom stereocenters. The van der Waals surface area contributed by atoms with Gasteiger partial charge in [0, 0.05) is 5.56 Å². The Kier molecular flexibility index (Phi) is 2.88. The monoisotopic (exact) mass is 182 g/mol. The predicted octanol–water partition coefficient (Wildman–Crippen LogP) is 2.41. The number of hydrogen-bond acceptors (Lipinski definition) is 1. The van der Waals surface area contributed by atoms with Crippen LogP contribution in [0.2, 0.25) is 0 Å². The average Bonchev–Trinajstić information content (AvgIpc) is 2.50. The van der Waals surface area contributed by atoms with Gasteiger partial charge in [-0.1, -0.05) is 18.2 Å². The van der Waals surface area contributed by atoms with Gasteiger partial charge in [-0.15, -0.1) is 12.4 Å². The van der Waals surface area contributed by atoms with E-state index in [-0.39, 0.29) is 12.4 Å². The zero-order valence-electron chi connectivity index (χ0n) is 6.75. The number of halogens is 1. The Hall–Kier alpha value is -0.820. The lowest BCUT2D eigenvalue weighted by atomic mass is 10.0. The molecule has 0 amide bonds. The first kappa shape index (κ1) is 9.27. The van der Waals surface area contributed by atoms with Crippen molar-refractivity contribution in [3.8, 4) is 0 Å². The Bertz CT molecular complexity index is 294. The Morgan fingerprint density at radius 3 is 2.83 bits per heavy atom. The van der Waals surface area contributed by atoms with Crippen LogP contribution in [0.1, 0.15) is 27.9 Å². The molecule has 1 aromatic carbocycles. The molecule has 64 valence electrons. The van der Waals surface area contributed by atoms with Gasteiger partial charge in [-0.2, -0.15) is 0 Å². The fourth-order valence-electron chi connectivity index (χ4n) is 1.76. The van der Waals surface area contributed by atoms with Gasteiger partial charge in [0.15, 0.2) is 0 Å². The maximum atomic E-state index is 10.6. The van der Waals surface area contributed by atoms with Crippen LogP contribution >= 0.6 is 12.4 Å². The molecule has 0 spiro atoms. The van der Waals surface area contributed by atoms with Crippen LogP contribution in [0.5, 0.6) is 0 Å². The summed E-state index contributed by atoms with van der Waals surface area (Å²) in [7, 11) is 0. The molecule has 0 saturated carbocycles. The fourth-order valence-corrected chi connectivity index (χ4v) is 1.76. The van der Waals surface area contributed by atoms with Crippen molar-refractivity contribution in [1.82, 2.24) is 0 Å². The number of carbonyl (C=O) groups is 1. The van der Waals surface area contributed by atoms with Gasteiger partial charge in [-0.3, -0.25) is 4.79 Å². The van der Waals surface area contributed by atoms with Crippen molar-refractivity contribution in [3.63, 3.8) is 0 Å². The van der Waals surface area contributed by atoms with Gasteiger partial charge in [-0.25, -0.2) is 0 Å². The minimum Gasteiger partial charge on any atom is -0.298 e. The van der Waals surface area contributed by atoms with Gasteiger partial charge in [0.1, 0.15) is 6.29 Å². The molecule has 0 N–H and O–H groups in total. The second-order valence-electron chi connectivity index (χ2n) is 2.96. The van der Waals surface area contributed by atoms with Crippen LogP contribution in [0.25, 0.3) is 0 Å². The second kappa shape index (κ2) is 3.72. The molecule has 0 aromatic heterocycles. The van der Waals surface area contributed by atoms with E-state index in [1.165, 1.54) is 17.5 Å². The highest BCUT2D eigenvalue weighted by Gasteiger charge is 2.12. The molecule has 12 heavy (non-hydrogen) atoms. The topological polar surface area (TPSA) is 17.1 Å². The molecule has 1 aliphatic rings. The fraction of sp³-hybridized carbons (Fsp3) is 0.300. The Balaban J connectivity index is 0.000000720. The van der Waals surface area contributed by atoms with Crippen LogP contribution in [-0.4, -0.2) is 6.29 Å². The molecule has 0 bridgehead atoms. The molecule has 0 heterocycles. The first-order chi connectivity index (χ1) is 5.42. The quantitative estimate of drug-likeness (QED) is 0.610. The molecule has 2 heteroatoms. The van der Waals surface area contributed by atoms with E-state index in [9.17, 15) is 4.79 Å². The molecule has 0 saturated heterocycles. The largest absolute Gasteiger partial charge is 0.298 e. The molecular formula is C10H11ClO. The lowest BCUT2D eigenvalue weighted by molar-refractivity contribution is 0.112. The Morgan fingerprint density at radius 1 is 1.25 bits per heavy atom. The van der Waals surface area contributed by atoms with E-state index in [0.29, 0.717) is 0 Å². The molecule has 0 fully saturated rings. The Labute approximate surface area is 78.2 Å². The summed E-state index contributed by atoms with van der Waals surface area (Å²) in [5.74, 6) is 0. The predicted molar refractivity (Wildman–Crippen MR) is 51.1 cm³/mol. The zero-order chi connectivity index (χ0) is 7.68. The zero-order valence-corrected chi connectivity index (χ0v) is 7.56. The summed E-state index contributed by atoms with van der Waals surface area (Å²) in [6.07, 6.45) is 4.41. The highest BCUT2D eigenvalue weighted by Crippen LogP contribution is 2.23. The third-order valence-electron chi connectivity index (χ3n) is 2.31. The van der Waals surface area contributed by atoms with Crippen LogP contribution in [-0.2, 0) is 12.8 Å². The number of benzene rings is 1. The normalized spacial score (nSPS) is 13.3. The van der Waals surface area contributed by atoms with Crippen molar-refractivity contribution in [1.29, 1.82) is 0 Å². The van der Waals surface area contributed by atoms with Crippen molar-refractivity contribution < 1.29 is 4.79 Å². The molecule has 0 aliphatic heterocycles. The van der Waals surface area contributed by atoms with Crippen molar-refractivity contribution in [2.45, 2.75) is 19.3 Å². The van der Waals surface area contributed by atoms with Gasteiger partial charge < -0.3 is 0 Å². The first-order valence-corrected chi connectivity index (χ1v) is 3.98. The summed E-state index contributed by atoms with van der Waals surface area (Å²) < 4.78 is 0. The van der Waals surface area contributed by atoms with Crippen molar-refractivity contribution in [2.75, 3.05) is 0 Å². The van der Waals surface area contributed by atoms with E-state index in [1.54, 1.807) is 0 Å². The van der Waals surface area contributed by atoms with Crippen LogP contribution in [0.15, 0.2) is 18.2 Å². The van der Waals surface area contributed by atoms with Crippen LogP contribution in [0.3, 0.4) is 0 Å². The third-order valence-corrected chi connectivity index (χ3v) is 2.31. The summed E-state index contributed by atoms with van der Waals surface area (Å²) in [6.45, 7) is 0. The molecule has 0 unspecified atom stereocenters. The minimum atomic E-state index is 0. The molecule has 2 rings (SSSR count). The molecule has 1 aromatic rings. The molecule has 1 nitrogen and oxygen atoms in total. The highest BCUT2D eigenvalue weighted by atomic mass is 35.5. The van der Waals surface area contributed by atoms with E-state index in [0.717, 1.165) is 24.7 Å². The number of hydrogen-bond donors (Lipinski definition) is 0. The maximum Gasteiger partial charge on any atom is 0.150 e. The van der Waals surface area contributed by atoms with E-state index in [4.69, 9.17) is 0 Å². The van der Waals surface area contributed by atoms with E-state index in [2.05, 4.69) is 6.07 Å². The van der Waals surface area contributed by atoms with Gasteiger partial charge in [0.2, 0.25) is 0 Å². The lowest BCUT2D eigenvalue weighted by Crippen LogP contribution is -1.89. The number of carbonyl (C=O) groups excluding carboxylic acids is 1. The summed E-state index contributed by atoms with van der Waals surface area (Å²) in [5.41, 5.74) is 3.54. The van der Waals surface area contributed by atoms with Gasteiger partial charge >= 0.3 is 0 Å². The van der Waals surface area contributed by atoms with E-state index < -0.39 is 0 Å². The van der Waals surface area contributed by atoms with Crippen LogP contribution in [0, 0.1) is 0 Å². The second-order valence-corrected chi connectivity index (χ2v) is 2.96. The van der Waals surface area contributed by atoms with Gasteiger partial charge in [-0.05, 0) is 30.4 Å². The molecule has 1 aliphatic carbocycles. The summed E-state index contributed by atoms with van der Waals surface area (Å²) in [5, 5.41) is 0. The number of fused-ring (bicyclic) bond motifs is 1. The SMILES string of the molecule is Cl.O=Cc1cccc2c1CCC2. The van der Waals surface area contributed by atoms with E-state index in [1.807, 2.05) is 12.1 Å². The van der Waals surface area contributed by atoms with Gasteiger partial charge in [0.05, 0.1) is 0 Å². The van der Waals surface area contributed by atoms with Crippen molar-refractivity contribution in [2.24, 2.45) is 0 Å². The van der Waals surface area contributed by atoms with Crippen LogP contribution < -0.4 is 0 Å². The average molecular weight is 183 g/mol. The van der Waals surface area contributed by atoms with Crippen LogP contribution in [0.4, 0.5) is 0 Å². The number of rotatable bonds is 1. The van der Waals surface area contributed by atoms with Gasteiger partial charge in [0.25, 0.3) is 0 Å². The third kappa shape index (κ3) is 1.37. The van der Waals surface area contributed by atoms with Crippen molar-refractivity contribution in [3.05, 3.63) is 34.9 Å². The summed E-state index contributed by atoms with van der Waals surface area (Å²) in [4.78, 5) is 10.6.